The number of non-ortho nitro benzene ring substituents is 1. The monoisotopic (exact) mass is 250 g/mol. The molecule has 0 saturated heterocycles. The summed E-state index contributed by atoms with van der Waals surface area (Å²) in [5.74, 6) is -1.64. The van der Waals surface area contributed by atoms with Gasteiger partial charge in [-0.1, -0.05) is 6.92 Å². The van der Waals surface area contributed by atoms with E-state index in [1.54, 1.807) is 6.92 Å². The minimum absolute atomic E-state index is 0. The maximum absolute atomic E-state index is 13.1. The third kappa shape index (κ3) is 2.80. The van der Waals surface area contributed by atoms with Crippen molar-refractivity contribution in [1.29, 1.82) is 0 Å². The molecular weight excluding hydrogens is 239 g/mol. The SMILES string of the molecule is CC[C@@H](N)c1cc([N+](=O)[O-])cc(F)c1O.Cl. The normalized spacial score (nSPS) is 11.7. The lowest BCUT2D eigenvalue weighted by atomic mass is 10.0. The number of nitro groups is 1. The van der Waals surface area contributed by atoms with Crippen LogP contribution in [0.5, 0.6) is 5.75 Å². The molecule has 16 heavy (non-hydrogen) atoms. The Morgan fingerprint density at radius 2 is 2.19 bits per heavy atom. The number of rotatable bonds is 3. The van der Waals surface area contributed by atoms with Crippen LogP contribution in [0.4, 0.5) is 10.1 Å². The smallest absolute Gasteiger partial charge is 0.272 e. The third-order valence-electron chi connectivity index (χ3n) is 2.13. The highest BCUT2D eigenvalue weighted by atomic mass is 35.5. The van der Waals surface area contributed by atoms with Crippen molar-refractivity contribution in [2.24, 2.45) is 5.73 Å². The predicted octanol–water partition coefficient (Wildman–Crippen LogP) is 2.27. The number of nitrogens with zero attached hydrogens (tertiary/aromatic N) is 1. The van der Waals surface area contributed by atoms with Crippen LogP contribution >= 0.6 is 12.4 Å². The van der Waals surface area contributed by atoms with E-state index in [1.807, 2.05) is 0 Å². The molecule has 0 aliphatic carbocycles. The number of hydrogen-bond donors (Lipinski definition) is 2. The second-order valence-corrected chi connectivity index (χ2v) is 3.14. The molecule has 90 valence electrons. The first-order chi connectivity index (χ1) is 6.97. The highest BCUT2D eigenvalue weighted by Crippen LogP contribution is 2.31. The van der Waals surface area contributed by atoms with Crippen molar-refractivity contribution < 1.29 is 14.4 Å². The van der Waals surface area contributed by atoms with Crippen LogP contribution in [0, 0.1) is 15.9 Å². The zero-order valence-electron chi connectivity index (χ0n) is 8.51. The van der Waals surface area contributed by atoms with E-state index in [2.05, 4.69) is 0 Å². The molecule has 7 heteroatoms. The number of phenols is 1. The van der Waals surface area contributed by atoms with Gasteiger partial charge in [0.1, 0.15) is 0 Å². The molecule has 0 amide bonds. The van der Waals surface area contributed by atoms with Gasteiger partial charge >= 0.3 is 0 Å². The second kappa shape index (κ2) is 5.62. The van der Waals surface area contributed by atoms with Gasteiger partial charge in [0.25, 0.3) is 5.69 Å². The Bertz CT molecular complexity index is 401. The minimum Gasteiger partial charge on any atom is -0.505 e. The van der Waals surface area contributed by atoms with Gasteiger partial charge in [-0.05, 0) is 6.42 Å². The molecule has 0 bridgehead atoms. The number of halogens is 2. The largest absolute Gasteiger partial charge is 0.505 e. The molecule has 1 rings (SSSR count). The van der Waals surface area contributed by atoms with Gasteiger partial charge in [0.05, 0.1) is 11.0 Å². The summed E-state index contributed by atoms with van der Waals surface area (Å²) < 4.78 is 13.1. The van der Waals surface area contributed by atoms with E-state index < -0.39 is 28.2 Å². The first-order valence-electron chi connectivity index (χ1n) is 4.39. The fraction of sp³-hybridized carbons (Fsp3) is 0.333. The summed E-state index contributed by atoms with van der Waals surface area (Å²) in [4.78, 5) is 9.72. The standard InChI is InChI=1S/C9H11FN2O3.ClH/c1-2-8(11)6-3-5(12(14)15)4-7(10)9(6)13;/h3-4,8,13H,2,11H2,1H3;1H/t8-;/m1./s1. The number of nitro benzene ring substituents is 1. The predicted molar refractivity (Wildman–Crippen MR) is 59.2 cm³/mol. The Hall–Kier alpha value is -1.40. The molecule has 0 aliphatic rings. The van der Waals surface area contributed by atoms with Crippen LogP contribution in [0.3, 0.4) is 0 Å². The van der Waals surface area contributed by atoms with Crippen molar-refractivity contribution in [2.45, 2.75) is 19.4 Å². The molecule has 0 heterocycles. The van der Waals surface area contributed by atoms with Crippen molar-refractivity contribution >= 4 is 18.1 Å². The fourth-order valence-electron chi connectivity index (χ4n) is 1.21. The first kappa shape index (κ1) is 14.6. The number of nitrogens with two attached hydrogens (primary N) is 1. The van der Waals surface area contributed by atoms with Gasteiger partial charge in [0, 0.05) is 17.7 Å². The fourth-order valence-corrected chi connectivity index (χ4v) is 1.21. The Balaban J connectivity index is 0.00000225. The van der Waals surface area contributed by atoms with E-state index in [0.717, 1.165) is 6.07 Å². The summed E-state index contributed by atoms with van der Waals surface area (Å²) in [5.41, 5.74) is 5.23. The maximum atomic E-state index is 13.1. The quantitative estimate of drug-likeness (QED) is 0.636. The number of aromatic hydroxyl groups is 1. The molecule has 0 spiro atoms. The first-order valence-corrected chi connectivity index (χ1v) is 4.39. The molecule has 0 saturated carbocycles. The van der Waals surface area contributed by atoms with Crippen LogP contribution in [-0.4, -0.2) is 10.0 Å². The average Bonchev–Trinajstić information content (AvgIpc) is 2.20. The Morgan fingerprint density at radius 3 is 2.62 bits per heavy atom. The minimum atomic E-state index is -1.02. The second-order valence-electron chi connectivity index (χ2n) is 3.14. The maximum Gasteiger partial charge on any atom is 0.272 e. The molecule has 3 N–H and O–H groups in total. The summed E-state index contributed by atoms with van der Waals surface area (Å²) in [6.07, 6.45) is 0.453. The zero-order valence-corrected chi connectivity index (χ0v) is 9.33. The highest BCUT2D eigenvalue weighted by molar-refractivity contribution is 5.85. The van der Waals surface area contributed by atoms with Crippen LogP contribution in [0.15, 0.2) is 12.1 Å². The van der Waals surface area contributed by atoms with Crippen molar-refractivity contribution in [3.63, 3.8) is 0 Å². The van der Waals surface area contributed by atoms with E-state index >= 15 is 0 Å². The van der Waals surface area contributed by atoms with Gasteiger partial charge in [-0.25, -0.2) is 4.39 Å². The lowest BCUT2D eigenvalue weighted by molar-refractivity contribution is -0.385. The van der Waals surface area contributed by atoms with Crippen LogP contribution in [0.1, 0.15) is 24.9 Å². The van der Waals surface area contributed by atoms with Gasteiger partial charge in [-0.15, -0.1) is 12.4 Å². The molecule has 0 unspecified atom stereocenters. The summed E-state index contributed by atoms with van der Waals surface area (Å²) in [5, 5.41) is 19.8. The molecule has 1 aromatic carbocycles. The van der Waals surface area contributed by atoms with Gasteiger partial charge in [0.15, 0.2) is 11.6 Å². The third-order valence-corrected chi connectivity index (χ3v) is 2.13. The molecule has 0 radical (unpaired) electrons. The van der Waals surface area contributed by atoms with Crippen molar-refractivity contribution in [2.75, 3.05) is 0 Å². The van der Waals surface area contributed by atoms with Crippen molar-refractivity contribution in [1.82, 2.24) is 0 Å². The molecule has 0 aromatic heterocycles. The van der Waals surface area contributed by atoms with Gasteiger partial charge in [-0.2, -0.15) is 0 Å². The lowest BCUT2D eigenvalue weighted by Crippen LogP contribution is -2.10. The topological polar surface area (TPSA) is 89.4 Å². The summed E-state index contributed by atoms with van der Waals surface area (Å²) >= 11 is 0. The van der Waals surface area contributed by atoms with E-state index in [1.165, 1.54) is 0 Å². The average molecular weight is 251 g/mol. The number of benzene rings is 1. The van der Waals surface area contributed by atoms with Gasteiger partial charge in [-0.3, -0.25) is 10.1 Å². The highest BCUT2D eigenvalue weighted by Gasteiger charge is 2.19. The summed E-state index contributed by atoms with van der Waals surface area (Å²) in [6, 6.07) is 1.15. The molecule has 5 nitrogen and oxygen atoms in total. The van der Waals surface area contributed by atoms with Gasteiger partial charge in [0.2, 0.25) is 0 Å². The molecule has 1 atom stereocenters. The summed E-state index contributed by atoms with van der Waals surface area (Å²) in [6.45, 7) is 1.74. The van der Waals surface area contributed by atoms with Gasteiger partial charge < -0.3 is 10.8 Å². The number of hydrogen-bond acceptors (Lipinski definition) is 4. The van der Waals surface area contributed by atoms with Crippen molar-refractivity contribution in [3.05, 3.63) is 33.6 Å². The Morgan fingerprint density at radius 1 is 1.62 bits per heavy atom. The van der Waals surface area contributed by atoms with Crippen molar-refractivity contribution in [3.8, 4) is 5.75 Å². The lowest BCUT2D eigenvalue weighted by Gasteiger charge is -2.11. The van der Waals surface area contributed by atoms with Crippen LogP contribution in [0.25, 0.3) is 0 Å². The molecule has 1 aromatic rings. The molecule has 0 fully saturated rings. The van der Waals surface area contributed by atoms with Crippen LogP contribution < -0.4 is 5.73 Å². The van der Waals surface area contributed by atoms with E-state index in [0.29, 0.717) is 12.5 Å². The van der Waals surface area contributed by atoms with E-state index in [4.69, 9.17) is 5.73 Å². The summed E-state index contributed by atoms with van der Waals surface area (Å²) in [7, 11) is 0. The molecule has 0 aliphatic heterocycles. The van der Waals surface area contributed by atoms with E-state index in [9.17, 15) is 19.6 Å². The Labute approximate surface area is 97.6 Å². The molecular formula is C9H12ClFN2O3. The Kier molecular flexibility index (Phi) is 5.13. The number of phenolic OH excluding ortho intramolecular Hbond substituents is 1. The van der Waals surface area contributed by atoms with Crippen LogP contribution in [0.2, 0.25) is 0 Å². The van der Waals surface area contributed by atoms with Crippen LogP contribution in [-0.2, 0) is 0 Å². The zero-order chi connectivity index (χ0) is 11.6. The van der Waals surface area contributed by atoms with E-state index in [-0.39, 0.29) is 18.0 Å².